The lowest BCUT2D eigenvalue weighted by Crippen LogP contribution is -2.43. The quantitative estimate of drug-likeness (QED) is 0.461. The Morgan fingerprint density at radius 1 is 1.75 bits per heavy atom. The van der Waals surface area contributed by atoms with Gasteiger partial charge in [0.05, 0.1) is 25.9 Å². The van der Waals surface area contributed by atoms with Gasteiger partial charge < -0.3 is 15.2 Å². The Bertz CT molecular complexity index is 61.4. The van der Waals surface area contributed by atoms with Crippen LogP contribution in [0.25, 0.3) is 0 Å². The third kappa shape index (κ3) is 1.43. The molecule has 0 aromatic heterocycles. The molecule has 1 aliphatic heterocycles. The molecule has 1 heterocycles. The van der Waals surface area contributed by atoms with Gasteiger partial charge in [-0.1, -0.05) is 0 Å². The summed E-state index contributed by atoms with van der Waals surface area (Å²) in [6.45, 7) is 2.47. The van der Waals surface area contributed by atoms with E-state index in [0.29, 0.717) is 6.61 Å². The second kappa shape index (κ2) is 3.02. The summed E-state index contributed by atoms with van der Waals surface area (Å²) in [5.74, 6) is 0. The maximum Gasteiger partial charge on any atom is 0.0642 e. The molecule has 1 atom stereocenters. The van der Waals surface area contributed by atoms with Gasteiger partial charge in [-0.3, -0.25) is 0 Å². The Labute approximate surface area is 48.7 Å². The molecule has 0 aromatic rings. The predicted octanol–water partition coefficient (Wildman–Crippen LogP) is -1.03. The Morgan fingerprint density at radius 2 is 2.62 bits per heavy atom. The van der Waals surface area contributed by atoms with Crippen LogP contribution in [0.3, 0.4) is 0 Å². The summed E-state index contributed by atoms with van der Waals surface area (Å²) in [7, 11) is 0. The van der Waals surface area contributed by atoms with Crippen LogP contribution in [-0.4, -0.2) is 37.5 Å². The summed E-state index contributed by atoms with van der Waals surface area (Å²) >= 11 is 0. The molecular formula is C5H11NO2. The first-order valence-corrected chi connectivity index (χ1v) is 2.85. The first-order chi connectivity index (χ1) is 3.93. The molecule has 1 aliphatic rings. The number of ether oxygens (including phenoxy) is 1. The minimum absolute atomic E-state index is 0.170. The van der Waals surface area contributed by atoms with Crippen molar-refractivity contribution in [1.82, 2.24) is 5.32 Å². The molecule has 48 valence electrons. The lowest BCUT2D eigenvalue weighted by molar-refractivity contribution is 0.0550. The van der Waals surface area contributed by atoms with Crippen LogP contribution in [0.5, 0.6) is 0 Å². The average molecular weight is 117 g/mol. The Hall–Kier alpha value is -0.120. The third-order valence-electron chi connectivity index (χ3n) is 1.22. The first-order valence-electron chi connectivity index (χ1n) is 2.85. The van der Waals surface area contributed by atoms with Crippen molar-refractivity contribution in [2.45, 2.75) is 6.04 Å². The van der Waals surface area contributed by atoms with E-state index in [0.717, 1.165) is 13.2 Å². The molecule has 0 unspecified atom stereocenters. The SMILES string of the molecule is OC[C@@H]1COCCN1. The van der Waals surface area contributed by atoms with E-state index in [2.05, 4.69) is 5.32 Å². The van der Waals surface area contributed by atoms with Crippen molar-refractivity contribution in [2.24, 2.45) is 0 Å². The van der Waals surface area contributed by atoms with Crippen molar-refractivity contribution in [3.05, 3.63) is 0 Å². The zero-order valence-electron chi connectivity index (χ0n) is 4.76. The van der Waals surface area contributed by atoms with Crippen LogP contribution in [-0.2, 0) is 4.74 Å². The Morgan fingerprint density at radius 3 is 3.00 bits per heavy atom. The molecule has 1 fully saturated rings. The Kier molecular flexibility index (Phi) is 2.27. The van der Waals surface area contributed by atoms with E-state index in [1.807, 2.05) is 0 Å². The van der Waals surface area contributed by atoms with E-state index in [-0.39, 0.29) is 12.6 Å². The van der Waals surface area contributed by atoms with Crippen molar-refractivity contribution in [2.75, 3.05) is 26.4 Å². The molecule has 0 radical (unpaired) electrons. The van der Waals surface area contributed by atoms with E-state index in [9.17, 15) is 0 Å². The topological polar surface area (TPSA) is 41.5 Å². The van der Waals surface area contributed by atoms with Crippen LogP contribution in [0.2, 0.25) is 0 Å². The van der Waals surface area contributed by atoms with Crippen LogP contribution in [0.4, 0.5) is 0 Å². The molecule has 0 spiro atoms. The van der Waals surface area contributed by atoms with Gasteiger partial charge in [0, 0.05) is 6.54 Å². The summed E-state index contributed by atoms with van der Waals surface area (Å²) in [6, 6.07) is 0.170. The molecule has 0 aliphatic carbocycles. The number of aliphatic hydroxyl groups excluding tert-OH is 1. The molecule has 1 saturated heterocycles. The molecule has 0 saturated carbocycles. The second-order valence-electron chi connectivity index (χ2n) is 1.91. The minimum atomic E-state index is 0.170. The van der Waals surface area contributed by atoms with Crippen LogP contribution in [0.1, 0.15) is 0 Å². The monoisotopic (exact) mass is 117 g/mol. The van der Waals surface area contributed by atoms with Gasteiger partial charge in [0.2, 0.25) is 0 Å². The van der Waals surface area contributed by atoms with Gasteiger partial charge in [-0.25, -0.2) is 0 Å². The molecule has 0 bridgehead atoms. The minimum Gasteiger partial charge on any atom is -0.395 e. The average Bonchev–Trinajstić information content (AvgIpc) is 1.90. The molecule has 3 nitrogen and oxygen atoms in total. The molecule has 8 heavy (non-hydrogen) atoms. The van der Waals surface area contributed by atoms with E-state index >= 15 is 0 Å². The number of rotatable bonds is 1. The first kappa shape index (κ1) is 6.01. The number of hydrogen-bond acceptors (Lipinski definition) is 3. The highest BCUT2D eigenvalue weighted by Crippen LogP contribution is 1.89. The zero-order valence-corrected chi connectivity index (χ0v) is 4.76. The van der Waals surface area contributed by atoms with E-state index in [1.54, 1.807) is 0 Å². The molecule has 1 rings (SSSR count). The van der Waals surface area contributed by atoms with Crippen molar-refractivity contribution in [3.63, 3.8) is 0 Å². The largest absolute Gasteiger partial charge is 0.395 e. The lowest BCUT2D eigenvalue weighted by Gasteiger charge is -2.21. The summed E-state index contributed by atoms with van der Waals surface area (Å²) < 4.78 is 5.05. The van der Waals surface area contributed by atoms with Crippen molar-refractivity contribution >= 4 is 0 Å². The molecule has 0 amide bonds. The number of nitrogens with one attached hydrogen (secondary N) is 1. The maximum atomic E-state index is 8.55. The second-order valence-corrected chi connectivity index (χ2v) is 1.91. The fraction of sp³-hybridized carbons (Fsp3) is 1.00. The maximum absolute atomic E-state index is 8.55. The van der Waals surface area contributed by atoms with Gasteiger partial charge in [-0.05, 0) is 0 Å². The van der Waals surface area contributed by atoms with Gasteiger partial charge in [0.15, 0.2) is 0 Å². The fourth-order valence-corrected chi connectivity index (χ4v) is 0.737. The van der Waals surface area contributed by atoms with Gasteiger partial charge in [-0.2, -0.15) is 0 Å². The summed E-state index contributed by atoms with van der Waals surface area (Å²) in [4.78, 5) is 0. The van der Waals surface area contributed by atoms with E-state index in [4.69, 9.17) is 9.84 Å². The zero-order chi connectivity index (χ0) is 5.82. The van der Waals surface area contributed by atoms with Crippen molar-refractivity contribution in [1.29, 1.82) is 0 Å². The predicted molar refractivity (Wildman–Crippen MR) is 29.7 cm³/mol. The van der Waals surface area contributed by atoms with E-state index in [1.165, 1.54) is 0 Å². The van der Waals surface area contributed by atoms with Crippen molar-refractivity contribution in [3.8, 4) is 0 Å². The lowest BCUT2D eigenvalue weighted by atomic mass is 10.3. The highest BCUT2D eigenvalue weighted by atomic mass is 16.5. The van der Waals surface area contributed by atoms with Gasteiger partial charge in [0.1, 0.15) is 0 Å². The standard InChI is InChI=1S/C5H11NO2/c7-3-5-4-8-2-1-6-5/h5-7H,1-4H2/t5-/m1/s1. The number of morpholine rings is 1. The van der Waals surface area contributed by atoms with Gasteiger partial charge in [-0.15, -0.1) is 0 Å². The summed E-state index contributed by atoms with van der Waals surface area (Å²) in [5.41, 5.74) is 0. The van der Waals surface area contributed by atoms with Crippen molar-refractivity contribution < 1.29 is 9.84 Å². The summed E-state index contributed by atoms with van der Waals surface area (Å²) in [5, 5.41) is 11.6. The smallest absolute Gasteiger partial charge is 0.0642 e. The highest BCUT2D eigenvalue weighted by Gasteiger charge is 2.09. The summed E-state index contributed by atoms with van der Waals surface area (Å²) in [6.07, 6.45) is 0. The van der Waals surface area contributed by atoms with Crippen LogP contribution in [0, 0.1) is 0 Å². The number of hydrogen-bond donors (Lipinski definition) is 2. The van der Waals surface area contributed by atoms with Crippen LogP contribution in [0.15, 0.2) is 0 Å². The molecule has 3 heteroatoms. The van der Waals surface area contributed by atoms with Crippen LogP contribution < -0.4 is 5.32 Å². The molecule has 2 N–H and O–H groups in total. The fourth-order valence-electron chi connectivity index (χ4n) is 0.737. The molecular weight excluding hydrogens is 106 g/mol. The van der Waals surface area contributed by atoms with Gasteiger partial charge in [0.25, 0.3) is 0 Å². The van der Waals surface area contributed by atoms with E-state index < -0.39 is 0 Å². The van der Waals surface area contributed by atoms with Gasteiger partial charge >= 0.3 is 0 Å². The molecule has 0 aromatic carbocycles. The Balaban J connectivity index is 2.13. The third-order valence-corrected chi connectivity index (χ3v) is 1.22. The number of aliphatic hydroxyl groups is 1. The normalized spacial score (nSPS) is 30.4. The van der Waals surface area contributed by atoms with Crippen LogP contribution >= 0.6 is 0 Å². The highest BCUT2D eigenvalue weighted by molar-refractivity contribution is 4.67.